The fraction of sp³-hybridized carbons (Fsp3) is 0.217. The van der Waals surface area contributed by atoms with E-state index >= 15 is 0 Å². The number of aromatic nitrogens is 1. The Bertz CT molecular complexity index is 1210. The van der Waals surface area contributed by atoms with E-state index in [1.54, 1.807) is 37.4 Å². The van der Waals surface area contributed by atoms with Gasteiger partial charge in [-0.1, -0.05) is 17.7 Å². The second kappa shape index (κ2) is 10.5. The third-order valence-corrected chi connectivity index (χ3v) is 5.06. The van der Waals surface area contributed by atoms with Gasteiger partial charge in [0.25, 0.3) is 5.91 Å². The fourth-order valence-corrected chi connectivity index (χ4v) is 3.39. The van der Waals surface area contributed by atoms with Crippen LogP contribution in [0.4, 0.5) is 5.69 Å². The number of ether oxygens (including phenoxy) is 2. The number of nitriles is 1. The van der Waals surface area contributed by atoms with E-state index in [0.29, 0.717) is 39.5 Å². The summed E-state index contributed by atoms with van der Waals surface area (Å²) in [5.74, 6) is -0.259. The molecule has 9 heteroatoms. The van der Waals surface area contributed by atoms with Crippen LogP contribution in [0.5, 0.6) is 5.75 Å². The van der Waals surface area contributed by atoms with Gasteiger partial charge >= 0.3 is 5.97 Å². The number of esters is 1. The molecule has 0 unspecified atom stereocenters. The number of nitrogens with zero attached hydrogens (tertiary/aromatic N) is 2. The van der Waals surface area contributed by atoms with Gasteiger partial charge in [-0.25, -0.2) is 0 Å². The van der Waals surface area contributed by atoms with E-state index in [1.165, 1.54) is 13.3 Å². The van der Waals surface area contributed by atoms with Crippen molar-refractivity contribution in [3.63, 3.8) is 0 Å². The van der Waals surface area contributed by atoms with Crippen molar-refractivity contribution in [3.05, 3.63) is 64.3 Å². The number of anilines is 1. The van der Waals surface area contributed by atoms with Crippen molar-refractivity contribution in [3.8, 4) is 11.8 Å². The van der Waals surface area contributed by atoms with E-state index in [-0.39, 0.29) is 18.5 Å². The molecule has 3 rings (SSSR count). The standard InChI is InChI=1S/C23H21ClN4O4/c1-31-20-6-4-15(10-18(20)24)12-28-22-16-9-14(11-25)3-5-19(16)27-13-17(22)23(30)26-8-7-21(29)32-2/h3-6,9-10,13H,7-8,12H2,1-2H3,(H,26,30)(H,27,28). The molecule has 0 saturated carbocycles. The molecule has 0 spiro atoms. The van der Waals surface area contributed by atoms with Gasteiger partial charge in [-0.15, -0.1) is 0 Å². The molecular weight excluding hydrogens is 432 g/mol. The van der Waals surface area contributed by atoms with Gasteiger partial charge in [0.2, 0.25) is 0 Å². The number of rotatable bonds is 8. The second-order valence-electron chi connectivity index (χ2n) is 6.80. The molecular formula is C23H21ClN4O4. The van der Waals surface area contributed by atoms with Crippen molar-refractivity contribution >= 4 is 40.1 Å². The molecule has 2 aromatic carbocycles. The molecule has 1 heterocycles. The van der Waals surface area contributed by atoms with Crippen molar-refractivity contribution in [2.75, 3.05) is 26.1 Å². The minimum absolute atomic E-state index is 0.0505. The van der Waals surface area contributed by atoms with Gasteiger partial charge in [-0.2, -0.15) is 5.26 Å². The second-order valence-corrected chi connectivity index (χ2v) is 7.20. The van der Waals surface area contributed by atoms with Gasteiger partial charge < -0.3 is 20.1 Å². The molecule has 1 amide bonds. The minimum Gasteiger partial charge on any atom is -0.495 e. The summed E-state index contributed by atoms with van der Waals surface area (Å²) in [5, 5.41) is 16.4. The summed E-state index contributed by atoms with van der Waals surface area (Å²) in [6.45, 7) is 0.483. The summed E-state index contributed by atoms with van der Waals surface area (Å²) in [6.07, 6.45) is 1.51. The fourth-order valence-electron chi connectivity index (χ4n) is 3.11. The normalized spacial score (nSPS) is 10.3. The first-order valence-corrected chi connectivity index (χ1v) is 10.1. The predicted octanol–water partition coefficient (Wildman–Crippen LogP) is 3.67. The van der Waals surface area contributed by atoms with Crippen LogP contribution in [0.2, 0.25) is 5.02 Å². The van der Waals surface area contributed by atoms with Crippen LogP contribution in [0.15, 0.2) is 42.6 Å². The van der Waals surface area contributed by atoms with Crippen LogP contribution < -0.4 is 15.4 Å². The molecule has 8 nitrogen and oxygen atoms in total. The minimum atomic E-state index is -0.421. The van der Waals surface area contributed by atoms with E-state index in [0.717, 1.165) is 5.56 Å². The lowest BCUT2D eigenvalue weighted by molar-refractivity contribution is -0.140. The molecule has 0 aliphatic carbocycles. The summed E-state index contributed by atoms with van der Waals surface area (Å²) in [6, 6.07) is 12.6. The maximum absolute atomic E-state index is 12.8. The van der Waals surface area contributed by atoms with E-state index in [1.807, 2.05) is 6.07 Å². The van der Waals surface area contributed by atoms with Crippen LogP contribution in [-0.4, -0.2) is 37.6 Å². The highest BCUT2D eigenvalue weighted by molar-refractivity contribution is 6.32. The van der Waals surface area contributed by atoms with Crippen molar-refractivity contribution < 1.29 is 19.1 Å². The first-order chi connectivity index (χ1) is 15.5. The lowest BCUT2D eigenvalue weighted by Crippen LogP contribution is -2.27. The zero-order valence-electron chi connectivity index (χ0n) is 17.6. The Kier molecular flexibility index (Phi) is 7.47. The first-order valence-electron chi connectivity index (χ1n) is 9.71. The topological polar surface area (TPSA) is 113 Å². The molecule has 2 N–H and O–H groups in total. The average Bonchev–Trinajstić information content (AvgIpc) is 2.81. The number of methoxy groups -OCH3 is 2. The third-order valence-electron chi connectivity index (χ3n) is 4.77. The van der Waals surface area contributed by atoms with Crippen LogP contribution in [0, 0.1) is 11.3 Å². The molecule has 1 aromatic heterocycles. The predicted molar refractivity (Wildman–Crippen MR) is 121 cm³/mol. The van der Waals surface area contributed by atoms with Crippen molar-refractivity contribution in [1.29, 1.82) is 5.26 Å². The molecule has 0 saturated heterocycles. The average molecular weight is 453 g/mol. The summed E-state index contributed by atoms with van der Waals surface area (Å²) in [7, 11) is 2.83. The van der Waals surface area contributed by atoms with Gasteiger partial charge in [-0.05, 0) is 35.9 Å². The van der Waals surface area contributed by atoms with Crippen LogP contribution in [0.3, 0.4) is 0 Å². The summed E-state index contributed by atoms with van der Waals surface area (Å²) in [4.78, 5) is 28.5. The Morgan fingerprint density at radius 2 is 2.00 bits per heavy atom. The molecule has 0 atom stereocenters. The Morgan fingerprint density at radius 3 is 2.69 bits per heavy atom. The van der Waals surface area contributed by atoms with Crippen molar-refractivity contribution in [1.82, 2.24) is 10.3 Å². The van der Waals surface area contributed by atoms with Gasteiger partial charge in [0.05, 0.1) is 54.1 Å². The number of hydrogen-bond acceptors (Lipinski definition) is 7. The molecule has 0 aliphatic heterocycles. The summed E-state index contributed by atoms with van der Waals surface area (Å²) in [5.41, 5.74) is 2.75. The monoisotopic (exact) mass is 452 g/mol. The van der Waals surface area contributed by atoms with Crippen molar-refractivity contribution in [2.24, 2.45) is 0 Å². The highest BCUT2D eigenvalue weighted by atomic mass is 35.5. The van der Waals surface area contributed by atoms with Gasteiger partial charge in [-0.3, -0.25) is 14.6 Å². The number of amides is 1. The van der Waals surface area contributed by atoms with Crippen molar-refractivity contribution in [2.45, 2.75) is 13.0 Å². The molecule has 0 aliphatic rings. The number of halogens is 1. The zero-order chi connectivity index (χ0) is 23.1. The van der Waals surface area contributed by atoms with Gasteiger partial charge in [0.1, 0.15) is 5.75 Å². The Balaban J connectivity index is 1.93. The number of fused-ring (bicyclic) bond motifs is 1. The van der Waals surface area contributed by atoms with E-state index < -0.39 is 11.9 Å². The smallest absolute Gasteiger partial charge is 0.307 e. The lowest BCUT2D eigenvalue weighted by atomic mass is 10.1. The van der Waals surface area contributed by atoms with Gasteiger partial charge in [0.15, 0.2) is 0 Å². The maximum Gasteiger partial charge on any atom is 0.307 e. The number of pyridine rings is 1. The van der Waals surface area contributed by atoms with Gasteiger partial charge in [0, 0.05) is 24.7 Å². The van der Waals surface area contributed by atoms with E-state index in [9.17, 15) is 14.9 Å². The molecule has 0 fully saturated rings. The van der Waals surface area contributed by atoms with E-state index in [4.69, 9.17) is 16.3 Å². The van der Waals surface area contributed by atoms with Crippen LogP contribution in [-0.2, 0) is 16.1 Å². The SMILES string of the molecule is COC(=O)CCNC(=O)c1cnc2ccc(C#N)cc2c1NCc1ccc(OC)c(Cl)c1. The number of nitrogens with one attached hydrogen (secondary N) is 2. The first kappa shape index (κ1) is 22.8. The molecule has 3 aromatic rings. The van der Waals surface area contributed by atoms with Crippen LogP contribution in [0.1, 0.15) is 27.9 Å². The Hall–Kier alpha value is -3.83. The summed E-state index contributed by atoms with van der Waals surface area (Å²) < 4.78 is 9.77. The highest BCUT2D eigenvalue weighted by Crippen LogP contribution is 2.29. The highest BCUT2D eigenvalue weighted by Gasteiger charge is 2.17. The molecule has 0 bridgehead atoms. The van der Waals surface area contributed by atoms with E-state index in [2.05, 4.69) is 26.4 Å². The van der Waals surface area contributed by atoms with Crippen LogP contribution >= 0.6 is 11.6 Å². The zero-order valence-corrected chi connectivity index (χ0v) is 18.3. The summed E-state index contributed by atoms with van der Waals surface area (Å²) >= 11 is 6.22. The largest absolute Gasteiger partial charge is 0.495 e. The number of hydrogen-bond donors (Lipinski definition) is 2. The van der Waals surface area contributed by atoms with Crippen LogP contribution in [0.25, 0.3) is 10.9 Å². The molecule has 32 heavy (non-hydrogen) atoms. The number of carbonyl (C=O) groups excluding carboxylic acids is 2. The lowest BCUT2D eigenvalue weighted by Gasteiger charge is -2.15. The number of benzene rings is 2. The number of carbonyl (C=O) groups is 2. The Morgan fingerprint density at radius 1 is 1.19 bits per heavy atom. The molecule has 164 valence electrons. The molecule has 0 radical (unpaired) electrons. The Labute approximate surface area is 190 Å². The third kappa shape index (κ3) is 5.25. The maximum atomic E-state index is 12.8. The quantitative estimate of drug-likeness (QED) is 0.501.